The molecule has 0 aliphatic carbocycles. The highest BCUT2D eigenvalue weighted by atomic mass is 28.4. The Bertz CT molecular complexity index is 272. The van der Waals surface area contributed by atoms with Gasteiger partial charge in [-0.2, -0.15) is 0 Å². The summed E-state index contributed by atoms with van der Waals surface area (Å²) >= 11 is 0. The molecule has 0 aliphatic heterocycles. The maximum absolute atomic E-state index is 8.93. The molecule has 0 aliphatic rings. The molecule has 1 atom stereocenters. The van der Waals surface area contributed by atoms with Gasteiger partial charge in [0.05, 0.1) is 5.60 Å². The molecule has 0 aromatic heterocycles. The fourth-order valence-corrected chi connectivity index (χ4v) is 5.84. The summed E-state index contributed by atoms with van der Waals surface area (Å²) in [5, 5.41) is 17.9. The van der Waals surface area contributed by atoms with Crippen LogP contribution >= 0.6 is 0 Å². The fraction of sp³-hybridized carbons (Fsp3) is 0.867. The quantitative estimate of drug-likeness (QED) is 0.569. The standard InChI is InChI=1S/C15H33BO3Si/c1-6-10-12-15(5,13-11-14-16(17)18)19-20(7-2,8-3)9-4/h11,14,17-18H,6-10,12-13H2,1-5H3. The molecule has 0 aromatic carbocycles. The molecule has 0 rings (SSSR count). The summed E-state index contributed by atoms with van der Waals surface area (Å²) < 4.78 is 6.68. The van der Waals surface area contributed by atoms with Crippen molar-refractivity contribution < 1.29 is 14.5 Å². The van der Waals surface area contributed by atoms with Gasteiger partial charge in [-0.25, -0.2) is 0 Å². The number of hydrogen-bond acceptors (Lipinski definition) is 3. The Morgan fingerprint density at radius 1 is 1.10 bits per heavy atom. The van der Waals surface area contributed by atoms with E-state index in [1.165, 1.54) is 5.98 Å². The van der Waals surface area contributed by atoms with Crippen molar-refractivity contribution in [3.8, 4) is 0 Å². The lowest BCUT2D eigenvalue weighted by atomic mass is 9.88. The second-order valence-electron chi connectivity index (χ2n) is 5.95. The van der Waals surface area contributed by atoms with Crippen molar-refractivity contribution in [3.05, 3.63) is 12.1 Å². The first kappa shape index (κ1) is 19.9. The molecule has 0 aromatic rings. The SMILES string of the molecule is CCCCC(C)(CC=CB(O)O)O[Si](CC)(CC)CC. The van der Waals surface area contributed by atoms with Crippen LogP contribution < -0.4 is 0 Å². The van der Waals surface area contributed by atoms with Crippen molar-refractivity contribution >= 4 is 15.4 Å². The third-order valence-electron chi connectivity index (χ3n) is 4.31. The van der Waals surface area contributed by atoms with Gasteiger partial charge in [-0.3, -0.25) is 0 Å². The Morgan fingerprint density at radius 2 is 1.65 bits per heavy atom. The third kappa shape index (κ3) is 7.07. The van der Waals surface area contributed by atoms with Crippen molar-refractivity contribution in [1.82, 2.24) is 0 Å². The predicted octanol–water partition coefficient (Wildman–Crippen LogP) is 3.92. The van der Waals surface area contributed by atoms with E-state index in [-0.39, 0.29) is 5.60 Å². The maximum atomic E-state index is 8.93. The first-order valence-corrected chi connectivity index (χ1v) is 10.6. The average Bonchev–Trinajstić information content (AvgIpc) is 2.42. The van der Waals surface area contributed by atoms with E-state index in [0.717, 1.165) is 43.8 Å². The average molecular weight is 300 g/mol. The van der Waals surface area contributed by atoms with Crippen molar-refractivity contribution in [1.29, 1.82) is 0 Å². The van der Waals surface area contributed by atoms with Gasteiger partial charge in [0.1, 0.15) is 0 Å². The Labute approximate surface area is 126 Å². The summed E-state index contributed by atoms with van der Waals surface area (Å²) in [6, 6.07) is 3.44. The Hall–Kier alpha value is -0.0982. The van der Waals surface area contributed by atoms with E-state index in [1.807, 2.05) is 6.08 Å². The van der Waals surface area contributed by atoms with Crippen LogP contribution in [0.3, 0.4) is 0 Å². The zero-order valence-corrected chi connectivity index (χ0v) is 15.0. The lowest BCUT2D eigenvalue weighted by Crippen LogP contribution is -2.45. The molecular formula is C15H33BO3Si. The van der Waals surface area contributed by atoms with Gasteiger partial charge in [0.25, 0.3) is 0 Å². The Kier molecular flexibility index (Phi) is 9.72. The monoisotopic (exact) mass is 300 g/mol. The Morgan fingerprint density at radius 3 is 2.05 bits per heavy atom. The van der Waals surface area contributed by atoms with Crippen molar-refractivity contribution in [2.75, 3.05) is 0 Å². The zero-order chi connectivity index (χ0) is 15.6. The van der Waals surface area contributed by atoms with Gasteiger partial charge in [-0.1, -0.05) is 52.6 Å². The van der Waals surface area contributed by atoms with Crippen LogP contribution in [-0.4, -0.2) is 31.1 Å². The van der Waals surface area contributed by atoms with Crippen LogP contribution in [0.4, 0.5) is 0 Å². The van der Waals surface area contributed by atoms with Crippen LogP contribution in [-0.2, 0) is 4.43 Å². The second kappa shape index (κ2) is 9.77. The number of rotatable bonds is 11. The largest absolute Gasteiger partial charge is 0.480 e. The number of unbranched alkanes of at least 4 members (excludes halogenated alkanes) is 1. The molecule has 0 bridgehead atoms. The molecule has 5 heteroatoms. The molecule has 0 heterocycles. The highest BCUT2D eigenvalue weighted by Gasteiger charge is 2.37. The number of hydrogen-bond donors (Lipinski definition) is 2. The lowest BCUT2D eigenvalue weighted by molar-refractivity contribution is 0.0666. The topological polar surface area (TPSA) is 49.7 Å². The van der Waals surface area contributed by atoms with Crippen LogP contribution in [0.5, 0.6) is 0 Å². The molecule has 0 saturated heterocycles. The summed E-state index contributed by atoms with van der Waals surface area (Å²) in [4.78, 5) is 0. The van der Waals surface area contributed by atoms with Gasteiger partial charge >= 0.3 is 7.12 Å². The first-order valence-electron chi connectivity index (χ1n) is 8.10. The van der Waals surface area contributed by atoms with Crippen molar-refractivity contribution in [3.63, 3.8) is 0 Å². The summed E-state index contributed by atoms with van der Waals surface area (Å²) in [6.07, 6.45) is 5.93. The lowest BCUT2D eigenvalue weighted by Gasteiger charge is -2.40. The highest BCUT2D eigenvalue weighted by Crippen LogP contribution is 2.33. The minimum Gasteiger partial charge on any atom is -0.424 e. The van der Waals surface area contributed by atoms with Crippen LogP contribution in [0.2, 0.25) is 18.1 Å². The first-order chi connectivity index (χ1) is 9.37. The molecule has 2 N–H and O–H groups in total. The van der Waals surface area contributed by atoms with E-state index in [2.05, 4.69) is 34.6 Å². The summed E-state index contributed by atoms with van der Waals surface area (Å²) in [7, 11) is -3.00. The molecular weight excluding hydrogens is 267 g/mol. The summed E-state index contributed by atoms with van der Waals surface area (Å²) in [6.45, 7) is 11.1. The summed E-state index contributed by atoms with van der Waals surface area (Å²) in [5.41, 5.74) is -0.171. The normalized spacial score (nSPS) is 15.6. The molecule has 0 saturated carbocycles. The second-order valence-corrected chi connectivity index (χ2v) is 10.6. The van der Waals surface area contributed by atoms with Crippen LogP contribution in [0.15, 0.2) is 12.1 Å². The predicted molar refractivity (Wildman–Crippen MR) is 90.2 cm³/mol. The molecule has 20 heavy (non-hydrogen) atoms. The molecule has 1 unspecified atom stereocenters. The van der Waals surface area contributed by atoms with Crippen molar-refractivity contribution in [2.24, 2.45) is 0 Å². The molecule has 0 fully saturated rings. The van der Waals surface area contributed by atoms with Gasteiger partial charge in [0.2, 0.25) is 0 Å². The molecule has 3 nitrogen and oxygen atoms in total. The van der Waals surface area contributed by atoms with E-state index < -0.39 is 15.4 Å². The van der Waals surface area contributed by atoms with Crippen LogP contribution in [0, 0.1) is 0 Å². The van der Waals surface area contributed by atoms with Crippen LogP contribution in [0.25, 0.3) is 0 Å². The van der Waals surface area contributed by atoms with Gasteiger partial charge in [-0.05, 0) is 37.9 Å². The van der Waals surface area contributed by atoms with E-state index in [1.54, 1.807) is 0 Å². The van der Waals surface area contributed by atoms with Crippen LogP contribution in [0.1, 0.15) is 60.3 Å². The van der Waals surface area contributed by atoms with Gasteiger partial charge in [-0.15, -0.1) is 0 Å². The molecule has 0 amide bonds. The van der Waals surface area contributed by atoms with Crippen molar-refractivity contribution in [2.45, 2.75) is 84.0 Å². The van der Waals surface area contributed by atoms with Gasteiger partial charge in [0.15, 0.2) is 8.32 Å². The molecule has 0 spiro atoms. The summed E-state index contributed by atoms with van der Waals surface area (Å²) in [5.74, 6) is 1.43. The van der Waals surface area contributed by atoms with E-state index >= 15 is 0 Å². The smallest absolute Gasteiger partial charge is 0.424 e. The molecule has 0 radical (unpaired) electrons. The minimum atomic E-state index is -1.64. The minimum absolute atomic E-state index is 0.171. The van der Waals surface area contributed by atoms with E-state index in [4.69, 9.17) is 14.5 Å². The Balaban J connectivity index is 4.91. The molecule has 118 valence electrons. The van der Waals surface area contributed by atoms with Gasteiger partial charge < -0.3 is 14.5 Å². The highest BCUT2D eigenvalue weighted by molar-refractivity contribution is 6.73. The third-order valence-corrected chi connectivity index (χ3v) is 9.10. The van der Waals surface area contributed by atoms with Gasteiger partial charge in [0, 0.05) is 0 Å². The fourth-order valence-electron chi connectivity index (χ4n) is 2.67. The maximum Gasteiger partial charge on any atom is 0.480 e. The van der Waals surface area contributed by atoms with E-state index in [0.29, 0.717) is 0 Å². The zero-order valence-electron chi connectivity index (χ0n) is 14.0. The van der Waals surface area contributed by atoms with E-state index in [9.17, 15) is 0 Å².